The first kappa shape index (κ1) is 14.8. The number of nitrogens with zero attached hydrogens (tertiary/aromatic N) is 4. The molecule has 1 amide bonds. The minimum atomic E-state index is -0.359. The van der Waals surface area contributed by atoms with Crippen LogP contribution in [0.2, 0.25) is 5.02 Å². The molecule has 0 spiro atoms. The van der Waals surface area contributed by atoms with E-state index in [1.807, 2.05) is 42.5 Å². The molecular weight excluding hydrogens is 346 g/mol. The molecule has 0 saturated carbocycles. The number of carbonyl (C=O) groups is 1. The fourth-order valence-corrected chi connectivity index (χ4v) is 3.30. The minimum Gasteiger partial charge on any atom is -0.296 e. The second-order valence-corrected chi connectivity index (χ2v) is 6.41. The molecule has 0 aliphatic heterocycles. The van der Waals surface area contributed by atoms with E-state index in [2.05, 4.69) is 20.5 Å². The van der Waals surface area contributed by atoms with Gasteiger partial charge in [0, 0.05) is 5.02 Å². The van der Waals surface area contributed by atoms with Crippen molar-refractivity contribution in [3.8, 4) is 5.69 Å². The van der Waals surface area contributed by atoms with Crippen molar-refractivity contribution in [3.05, 3.63) is 65.4 Å². The van der Waals surface area contributed by atoms with Crippen LogP contribution in [0.3, 0.4) is 0 Å². The van der Waals surface area contributed by atoms with Gasteiger partial charge in [-0.1, -0.05) is 41.1 Å². The van der Waals surface area contributed by atoms with Crippen molar-refractivity contribution >= 4 is 44.2 Å². The van der Waals surface area contributed by atoms with E-state index in [0.29, 0.717) is 10.2 Å². The number of hydrogen-bond donors (Lipinski definition) is 1. The lowest BCUT2D eigenvalue weighted by atomic mass is 10.3. The molecule has 2 aromatic heterocycles. The first-order valence-electron chi connectivity index (χ1n) is 7.04. The third kappa shape index (κ3) is 2.86. The first-order valence-corrected chi connectivity index (χ1v) is 8.24. The van der Waals surface area contributed by atoms with Gasteiger partial charge in [-0.15, -0.1) is 5.10 Å². The maximum Gasteiger partial charge on any atom is 0.279 e. The molecular formula is C16H10ClN5OS. The van der Waals surface area contributed by atoms with E-state index >= 15 is 0 Å². The highest BCUT2D eigenvalue weighted by Crippen LogP contribution is 2.28. The zero-order valence-corrected chi connectivity index (χ0v) is 13.8. The first-order chi connectivity index (χ1) is 11.7. The van der Waals surface area contributed by atoms with Gasteiger partial charge in [0.25, 0.3) is 5.91 Å². The third-order valence-electron chi connectivity index (χ3n) is 3.28. The summed E-state index contributed by atoms with van der Waals surface area (Å²) in [5.41, 5.74) is 1.79. The lowest BCUT2D eigenvalue weighted by Gasteiger charge is -1.98. The summed E-state index contributed by atoms with van der Waals surface area (Å²) < 4.78 is 0.908. The molecule has 118 valence electrons. The Morgan fingerprint density at radius 3 is 2.83 bits per heavy atom. The average molecular weight is 356 g/mol. The van der Waals surface area contributed by atoms with Gasteiger partial charge >= 0.3 is 0 Å². The number of halogens is 1. The van der Waals surface area contributed by atoms with E-state index in [0.717, 1.165) is 15.9 Å². The fraction of sp³-hybridized carbons (Fsp3) is 0. The number of hydrogen-bond acceptors (Lipinski definition) is 5. The van der Waals surface area contributed by atoms with Crippen molar-refractivity contribution < 1.29 is 4.79 Å². The smallest absolute Gasteiger partial charge is 0.279 e. The zero-order chi connectivity index (χ0) is 16.5. The normalized spacial score (nSPS) is 10.9. The Balaban J connectivity index is 1.56. The molecule has 0 atom stereocenters. The van der Waals surface area contributed by atoms with Crippen molar-refractivity contribution in [1.29, 1.82) is 0 Å². The van der Waals surface area contributed by atoms with Gasteiger partial charge in [0.1, 0.15) is 0 Å². The van der Waals surface area contributed by atoms with E-state index in [4.69, 9.17) is 11.6 Å². The summed E-state index contributed by atoms with van der Waals surface area (Å²) in [6.45, 7) is 0. The van der Waals surface area contributed by atoms with E-state index < -0.39 is 0 Å². The number of amides is 1. The topological polar surface area (TPSA) is 72.7 Å². The minimum absolute atomic E-state index is 0.219. The largest absolute Gasteiger partial charge is 0.296 e. The number of thiazole rings is 1. The number of fused-ring (bicyclic) bond motifs is 1. The SMILES string of the molecule is O=C(Nc1nc2ccc(Cl)cc2s1)c1cnn(-c2ccccc2)n1. The Bertz CT molecular complexity index is 1030. The number of aromatic nitrogens is 4. The molecule has 4 aromatic rings. The molecule has 4 rings (SSSR count). The van der Waals surface area contributed by atoms with Gasteiger partial charge < -0.3 is 0 Å². The maximum atomic E-state index is 12.3. The molecule has 0 aliphatic rings. The van der Waals surface area contributed by atoms with Gasteiger partial charge in [-0.05, 0) is 30.3 Å². The van der Waals surface area contributed by atoms with E-state index in [1.54, 1.807) is 6.07 Å². The van der Waals surface area contributed by atoms with Crippen molar-refractivity contribution in [1.82, 2.24) is 20.0 Å². The lowest BCUT2D eigenvalue weighted by molar-refractivity contribution is 0.102. The summed E-state index contributed by atoms with van der Waals surface area (Å²) in [5.74, 6) is -0.359. The van der Waals surface area contributed by atoms with Crippen molar-refractivity contribution in [2.45, 2.75) is 0 Å². The molecule has 0 radical (unpaired) electrons. The second-order valence-electron chi connectivity index (χ2n) is 4.94. The monoisotopic (exact) mass is 355 g/mol. The number of nitrogens with one attached hydrogen (secondary N) is 1. The quantitative estimate of drug-likeness (QED) is 0.607. The Morgan fingerprint density at radius 2 is 2.00 bits per heavy atom. The highest BCUT2D eigenvalue weighted by Gasteiger charge is 2.14. The Hall–Kier alpha value is -2.77. The van der Waals surface area contributed by atoms with Gasteiger partial charge in [-0.25, -0.2) is 4.98 Å². The van der Waals surface area contributed by atoms with Crippen molar-refractivity contribution in [2.75, 3.05) is 5.32 Å². The van der Waals surface area contributed by atoms with Crippen LogP contribution in [0.25, 0.3) is 15.9 Å². The Morgan fingerprint density at radius 1 is 1.17 bits per heavy atom. The van der Waals surface area contributed by atoms with Crippen LogP contribution in [0, 0.1) is 0 Å². The molecule has 0 aliphatic carbocycles. The van der Waals surface area contributed by atoms with E-state index in [1.165, 1.54) is 22.3 Å². The molecule has 0 saturated heterocycles. The van der Waals surface area contributed by atoms with Crippen LogP contribution >= 0.6 is 22.9 Å². The number of para-hydroxylation sites is 1. The molecule has 2 heterocycles. The summed E-state index contributed by atoms with van der Waals surface area (Å²) >= 11 is 7.32. The van der Waals surface area contributed by atoms with Crippen molar-refractivity contribution in [2.24, 2.45) is 0 Å². The maximum absolute atomic E-state index is 12.3. The fourth-order valence-electron chi connectivity index (χ4n) is 2.17. The standard InChI is InChI=1S/C16H10ClN5OS/c17-10-6-7-12-14(8-10)24-16(19-12)20-15(23)13-9-18-22(21-13)11-4-2-1-3-5-11/h1-9H,(H,19,20,23). The molecule has 2 aromatic carbocycles. The zero-order valence-electron chi connectivity index (χ0n) is 12.2. The van der Waals surface area contributed by atoms with Gasteiger partial charge in [0.15, 0.2) is 10.8 Å². The van der Waals surface area contributed by atoms with Crippen LogP contribution in [0.5, 0.6) is 0 Å². The van der Waals surface area contributed by atoms with Crippen LogP contribution in [-0.2, 0) is 0 Å². The van der Waals surface area contributed by atoms with E-state index in [9.17, 15) is 4.79 Å². The number of anilines is 1. The van der Waals surface area contributed by atoms with Crippen LogP contribution in [0.1, 0.15) is 10.5 Å². The third-order valence-corrected chi connectivity index (χ3v) is 4.45. The second kappa shape index (κ2) is 6.03. The summed E-state index contributed by atoms with van der Waals surface area (Å²) in [6.07, 6.45) is 1.42. The molecule has 24 heavy (non-hydrogen) atoms. The highest BCUT2D eigenvalue weighted by molar-refractivity contribution is 7.22. The summed E-state index contributed by atoms with van der Waals surface area (Å²) in [7, 11) is 0. The predicted molar refractivity (Wildman–Crippen MR) is 93.9 cm³/mol. The highest BCUT2D eigenvalue weighted by atomic mass is 35.5. The molecule has 0 bridgehead atoms. The van der Waals surface area contributed by atoms with Gasteiger partial charge in [0.2, 0.25) is 0 Å². The molecule has 1 N–H and O–H groups in total. The summed E-state index contributed by atoms with van der Waals surface area (Å²) in [6, 6.07) is 14.8. The Labute approximate surface area is 145 Å². The van der Waals surface area contributed by atoms with Crippen LogP contribution in [0.4, 0.5) is 5.13 Å². The van der Waals surface area contributed by atoms with Crippen LogP contribution in [0.15, 0.2) is 54.7 Å². The average Bonchev–Trinajstić information content (AvgIpc) is 3.22. The summed E-state index contributed by atoms with van der Waals surface area (Å²) in [4.78, 5) is 18.1. The molecule has 0 fully saturated rings. The number of rotatable bonds is 3. The summed E-state index contributed by atoms with van der Waals surface area (Å²) in [5, 5.41) is 12.2. The van der Waals surface area contributed by atoms with Gasteiger partial charge in [0.05, 0.1) is 22.1 Å². The van der Waals surface area contributed by atoms with E-state index in [-0.39, 0.29) is 11.6 Å². The van der Waals surface area contributed by atoms with Crippen LogP contribution in [-0.4, -0.2) is 25.9 Å². The lowest BCUT2D eigenvalue weighted by Crippen LogP contribution is -2.13. The van der Waals surface area contributed by atoms with Crippen LogP contribution < -0.4 is 5.32 Å². The van der Waals surface area contributed by atoms with Gasteiger partial charge in [-0.3, -0.25) is 10.1 Å². The molecule has 0 unspecified atom stereocenters. The van der Waals surface area contributed by atoms with Gasteiger partial charge in [-0.2, -0.15) is 9.90 Å². The number of benzene rings is 2. The molecule has 8 heteroatoms. The van der Waals surface area contributed by atoms with Crippen molar-refractivity contribution in [3.63, 3.8) is 0 Å². The Kier molecular flexibility index (Phi) is 3.72. The molecule has 6 nitrogen and oxygen atoms in total. The number of carbonyl (C=O) groups excluding carboxylic acids is 1. The predicted octanol–water partition coefficient (Wildman–Crippen LogP) is 3.78.